The number of hydrogen-bond donors (Lipinski definition) is 2. The lowest BCUT2D eigenvalue weighted by Crippen LogP contribution is -2.58. The first-order chi connectivity index (χ1) is 36.8. The number of imide groups is 2. The van der Waals surface area contributed by atoms with Crippen LogP contribution in [0.2, 0.25) is 0 Å². The van der Waals surface area contributed by atoms with Gasteiger partial charge in [0.15, 0.2) is 5.82 Å². The lowest BCUT2D eigenvalue weighted by molar-refractivity contribution is -0.144. The van der Waals surface area contributed by atoms with Gasteiger partial charge < -0.3 is 34.4 Å². The summed E-state index contributed by atoms with van der Waals surface area (Å²) in [7, 11) is 0. The van der Waals surface area contributed by atoms with E-state index in [0.29, 0.717) is 89.9 Å². The van der Waals surface area contributed by atoms with Gasteiger partial charge in [-0.2, -0.15) is 0 Å². The average molecular weight is 1030 g/mol. The number of amides is 7. The molecule has 7 amide bonds. The Morgan fingerprint density at radius 3 is 2.08 bits per heavy atom. The number of rotatable bonds is 10. The smallest absolute Gasteiger partial charge is 0.262 e. The van der Waals surface area contributed by atoms with Crippen LogP contribution in [0.4, 0.5) is 17.2 Å². The van der Waals surface area contributed by atoms with Crippen molar-refractivity contribution in [3.63, 3.8) is 0 Å². The van der Waals surface area contributed by atoms with Crippen LogP contribution in [0.15, 0.2) is 48.8 Å². The van der Waals surface area contributed by atoms with E-state index in [0.717, 1.165) is 88.7 Å². The van der Waals surface area contributed by atoms with Crippen molar-refractivity contribution in [2.45, 2.75) is 146 Å². The summed E-state index contributed by atoms with van der Waals surface area (Å²) in [5.41, 5.74) is 6.37. The van der Waals surface area contributed by atoms with Crippen LogP contribution in [0.3, 0.4) is 0 Å². The van der Waals surface area contributed by atoms with Crippen LogP contribution >= 0.6 is 0 Å². The molecule has 2 aromatic heterocycles. The van der Waals surface area contributed by atoms with Crippen LogP contribution in [-0.2, 0) is 29.4 Å². The quantitative estimate of drug-likeness (QED) is 0.176. The van der Waals surface area contributed by atoms with Gasteiger partial charge in [0.2, 0.25) is 29.5 Å². The number of imidazole rings is 1. The summed E-state index contributed by atoms with van der Waals surface area (Å²) in [4.78, 5) is 116. The van der Waals surface area contributed by atoms with E-state index in [-0.39, 0.29) is 65.6 Å². The Bertz CT molecular complexity index is 3060. The molecule has 7 fully saturated rings. The predicted molar refractivity (Wildman–Crippen MR) is 285 cm³/mol. The highest BCUT2D eigenvalue weighted by atomic mass is 16.2. The van der Waals surface area contributed by atoms with Gasteiger partial charge in [-0.05, 0) is 146 Å². The Balaban J connectivity index is 0.650. The van der Waals surface area contributed by atoms with Crippen molar-refractivity contribution >= 4 is 69.6 Å². The summed E-state index contributed by atoms with van der Waals surface area (Å²) in [5.74, 6) is -1.17. The molecule has 9 aliphatic rings. The van der Waals surface area contributed by atoms with Gasteiger partial charge in [0.05, 0.1) is 34.1 Å². The van der Waals surface area contributed by atoms with Crippen molar-refractivity contribution in [3.8, 4) is 11.3 Å². The fourth-order valence-corrected chi connectivity index (χ4v) is 14.1. The summed E-state index contributed by atoms with van der Waals surface area (Å²) >= 11 is 0. The zero-order valence-electron chi connectivity index (χ0n) is 43.8. The van der Waals surface area contributed by atoms with Crippen molar-refractivity contribution in [2.24, 2.45) is 11.8 Å². The molecule has 18 nitrogen and oxygen atoms in total. The number of likely N-dealkylation sites (tertiary alicyclic amines) is 3. The Morgan fingerprint density at radius 2 is 1.39 bits per heavy atom. The normalized spacial score (nSPS) is 25.4. The molecule has 1 spiro atoms. The van der Waals surface area contributed by atoms with E-state index in [1.54, 1.807) is 12.1 Å². The molecule has 1 unspecified atom stereocenters. The maximum absolute atomic E-state index is 15.3. The molecule has 18 heteroatoms. The Kier molecular flexibility index (Phi) is 12.3. The van der Waals surface area contributed by atoms with Gasteiger partial charge in [0, 0.05) is 98.6 Å². The van der Waals surface area contributed by atoms with E-state index in [1.807, 2.05) is 22.2 Å². The Morgan fingerprint density at radius 1 is 0.711 bits per heavy atom. The highest BCUT2D eigenvalue weighted by Gasteiger charge is 2.56. The maximum atomic E-state index is 15.3. The van der Waals surface area contributed by atoms with Crippen molar-refractivity contribution in [3.05, 3.63) is 65.5 Å². The van der Waals surface area contributed by atoms with E-state index < -0.39 is 35.1 Å². The number of piperidine rings is 5. The average Bonchev–Trinajstić information content (AvgIpc) is 4.17. The topological polar surface area (TPSA) is 194 Å². The van der Waals surface area contributed by atoms with Crippen LogP contribution in [0.5, 0.6) is 0 Å². The Hall–Kier alpha value is -6.69. The third-order valence-corrected chi connectivity index (χ3v) is 18.8. The molecule has 1 atom stereocenters. The van der Waals surface area contributed by atoms with Crippen LogP contribution in [-0.4, -0.2) is 152 Å². The standard InChI is InChI=1S/C58H69N11O7/c1-34(2)67-33-59-46-32-45(61-51(50(46)67)60-38-7-8-38)37-6-11-44-48(28-37)68(41-29-40(30-41)63-20-4-3-5-21-63)57(76)58(44)18-26-66(27-19-58)54(73)36-16-24-65(25-17-36)53(72)35-14-22-64(23-15-35)39-9-10-42-43(31-39)56(75)69(55(42)74)47-12-13-49(70)62-52(47)71/h6,9-11,28,31-36,38,40-41,47H,3-5,7-8,12-27,29-30H2,1-2H3,(H,60,61)(H,62,70,71)/t40-,41+,47?. The van der Waals surface area contributed by atoms with Gasteiger partial charge in [-0.25, -0.2) is 9.97 Å². The first-order valence-electron chi connectivity index (χ1n) is 28.4. The number of aromatic nitrogens is 3. The first-order valence-corrected chi connectivity index (χ1v) is 28.4. The minimum atomic E-state index is -1.02. The molecule has 2 aromatic carbocycles. The van der Waals surface area contributed by atoms with Gasteiger partial charge in [-0.3, -0.25) is 43.8 Å². The molecule has 2 N–H and O–H groups in total. The molecule has 4 aromatic rings. The van der Waals surface area contributed by atoms with E-state index in [2.05, 4.69) is 68.0 Å². The molecule has 2 aliphatic carbocycles. The summed E-state index contributed by atoms with van der Waals surface area (Å²) in [5, 5.41) is 5.94. The zero-order chi connectivity index (χ0) is 52.1. The third kappa shape index (κ3) is 8.35. The molecule has 13 rings (SSSR count). The number of hydrogen-bond acceptors (Lipinski definition) is 12. The fourth-order valence-electron chi connectivity index (χ4n) is 14.1. The second kappa shape index (κ2) is 19.1. The van der Waals surface area contributed by atoms with Gasteiger partial charge >= 0.3 is 0 Å². The molecule has 398 valence electrons. The molecule has 76 heavy (non-hydrogen) atoms. The lowest BCUT2D eigenvalue weighted by atomic mass is 9.73. The van der Waals surface area contributed by atoms with Crippen molar-refractivity contribution in [1.82, 2.24) is 39.5 Å². The molecule has 9 heterocycles. The number of nitrogens with zero attached hydrogens (tertiary/aromatic N) is 9. The predicted octanol–water partition coefficient (Wildman–Crippen LogP) is 6.03. The van der Waals surface area contributed by atoms with Crippen LogP contribution in [0, 0.1) is 11.8 Å². The van der Waals surface area contributed by atoms with Gasteiger partial charge in [-0.1, -0.05) is 18.6 Å². The summed E-state index contributed by atoms with van der Waals surface area (Å²) in [6.45, 7) is 9.89. The second-order valence-electron chi connectivity index (χ2n) is 23.6. The number of anilines is 3. The molecular weight excluding hydrogens is 963 g/mol. The van der Waals surface area contributed by atoms with Crippen molar-refractivity contribution in [2.75, 3.05) is 67.5 Å². The minimum absolute atomic E-state index is 0.0594. The largest absolute Gasteiger partial charge is 0.371 e. The van der Waals surface area contributed by atoms with E-state index in [9.17, 15) is 28.8 Å². The van der Waals surface area contributed by atoms with E-state index in [1.165, 1.54) is 19.3 Å². The number of nitrogens with one attached hydrogen (secondary N) is 2. The molecule has 2 saturated carbocycles. The fraction of sp³-hybridized carbons (Fsp3) is 0.569. The van der Waals surface area contributed by atoms with Crippen molar-refractivity contribution in [1.29, 1.82) is 0 Å². The van der Waals surface area contributed by atoms with Crippen LogP contribution < -0.4 is 20.4 Å². The number of carbonyl (C=O) groups excluding carboxylic acids is 7. The number of benzene rings is 2. The first kappa shape index (κ1) is 48.9. The van der Waals surface area contributed by atoms with Gasteiger partial charge in [0.1, 0.15) is 11.6 Å². The van der Waals surface area contributed by atoms with Crippen molar-refractivity contribution < 1.29 is 33.6 Å². The van der Waals surface area contributed by atoms with Gasteiger partial charge in [-0.15, -0.1) is 0 Å². The number of fused-ring (bicyclic) bond motifs is 4. The molecule has 0 radical (unpaired) electrons. The SMILES string of the molecule is CC(C)n1cnc2cc(-c3ccc4c(c3)N([C@H]3C[C@@H](N5CCCCC5)C3)C(=O)C43CCN(C(=O)C4CCN(C(=O)C5CCN(c6ccc7c(c6)C(=O)N(C6CCC(=O)NC6=O)C7=O)CC5)CC4)CC3)nc(NC3CC3)c21. The lowest BCUT2D eigenvalue weighted by Gasteiger charge is -2.48. The number of pyridine rings is 1. The summed E-state index contributed by atoms with van der Waals surface area (Å²) < 4.78 is 2.19. The number of carbonyl (C=O) groups is 7. The second-order valence-corrected chi connectivity index (χ2v) is 23.6. The summed E-state index contributed by atoms with van der Waals surface area (Å²) in [6, 6.07) is 14.0. The van der Waals surface area contributed by atoms with Crippen LogP contribution in [0.25, 0.3) is 22.3 Å². The molecule has 5 saturated heterocycles. The highest BCUT2D eigenvalue weighted by Crippen LogP contribution is 2.52. The van der Waals surface area contributed by atoms with Gasteiger partial charge in [0.25, 0.3) is 11.8 Å². The highest BCUT2D eigenvalue weighted by molar-refractivity contribution is 6.24. The zero-order valence-corrected chi connectivity index (χ0v) is 43.8. The minimum Gasteiger partial charge on any atom is -0.371 e. The maximum Gasteiger partial charge on any atom is 0.262 e. The third-order valence-electron chi connectivity index (χ3n) is 18.8. The van der Waals surface area contributed by atoms with E-state index in [4.69, 9.17) is 9.97 Å². The molecular formula is C58H69N11O7. The van der Waals surface area contributed by atoms with E-state index >= 15 is 4.79 Å². The van der Waals surface area contributed by atoms with Crippen LogP contribution in [0.1, 0.15) is 142 Å². The molecule has 0 bridgehead atoms. The Labute approximate surface area is 442 Å². The molecule has 7 aliphatic heterocycles. The monoisotopic (exact) mass is 1030 g/mol. The summed E-state index contributed by atoms with van der Waals surface area (Å²) in [6.07, 6.45) is 13.7.